The number of likely N-dealkylation sites (N-methyl/N-ethyl adjacent to an activating group) is 1. The van der Waals surface area contributed by atoms with Gasteiger partial charge in [-0.2, -0.15) is 0 Å². The van der Waals surface area contributed by atoms with Crippen molar-refractivity contribution in [3.05, 3.63) is 48.0 Å². The quantitative estimate of drug-likeness (QED) is 0.747. The number of nitrogens with one attached hydrogen (secondary N) is 1. The molecule has 1 aromatic heterocycles. The first-order chi connectivity index (χ1) is 10.6. The second-order valence-corrected chi connectivity index (χ2v) is 5.44. The zero-order valence-corrected chi connectivity index (χ0v) is 13.9. The highest BCUT2D eigenvalue weighted by Crippen LogP contribution is 2.19. The summed E-state index contributed by atoms with van der Waals surface area (Å²) in [5.74, 6) is -0.114. The fourth-order valence-electron chi connectivity index (χ4n) is 2.31. The number of hydrogen-bond acceptors (Lipinski definition) is 4. The van der Waals surface area contributed by atoms with E-state index in [1.54, 1.807) is 6.07 Å². The number of para-hydroxylation sites is 3. The lowest BCUT2D eigenvalue weighted by molar-refractivity contribution is 0.0952. The van der Waals surface area contributed by atoms with Gasteiger partial charge in [-0.05, 0) is 38.4 Å². The number of fused-ring (bicyclic) bond motifs is 2. The summed E-state index contributed by atoms with van der Waals surface area (Å²) in [6.45, 7) is 1.40. The lowest BCUT2D eigenvalue weighted by Gasteiger charge is -2.11. The molecule has 0 saturated heterocycles. The normalized spacial score (nSPS) is 10.7. The average molecular weight is 331 g/mol. The minimum atomic E-state index is -0.114. The first-order valence-electron chi connectivity index (χ1n) is 7.23. The second-order valence-electron chi connectivity index (χ2n) is 5.44. The molecule has 0 bridgehead atoms. The minimum Gasteiger partial charge on any atom is -0.351 e. The van der Waals surface area contributed by atoms with E-state index in [1.807, 2.05) is 55.4 Å². The number of hydrogen-bond donors (Lipinski definition) is 1. The van der Waals surface area contributed by atoms with Crippen LogP contribution in [0.3, 0.4) is 0 Å². The molecule has 0 aliphatic rings. The van der Waals surface area contributed by atoms with Gasteiger partial charge in [0.25, 0.3) is 5.91 Å². The number of carbonyl (C=O) groups excluding carboxylic acids is 1. The molecule has 0 aliphatic heterocycles. The number of benzene rings is 2. The molecule has 5 nitrogen and oxygen atoms in total. The lowest BCUT2D eigenvalue weighted by Crippen LogP contribution is -2.31. The molecular weight excluding hydrogens is 312 g/mol. The number of halogens is 1. The van der Waals surface area contributed by atoms with Crippen LogP contribution >= 0.6 is 12.4 Å². The summed E-state index contributed by atoms with van der Waals surface area (Å²) in [6, 6.07) is 13.2. The Morgan fingerprint density at radius 1 is 1.00 bits per heavy atom. The lowest BCUT2D eigenvalue weighted by atomic mass is 10.1. The molecule has 0 unspecified atom stereocenters. The summed E-state index contributed by atoms with van der Waals surface area (Å²) < 4.78 is 0. The van der Waals surface area contributed by atoms with Gasteiger partial charge in [-0.1, -0.05) is 18.2 Å². The summed E-state index contributed by atoms with van der Waals surface area (Å²) in [4.78, 5) is 23.6. The Labute approximate surface area is 141 Å². The van der Waals surface area contributed by atoms with Crippen molar-refractivity contribution in [3.63, 3.8) is 0 Å². The highest BCUT2D eigenvalue weighted by Gasteiger charge is 2.12. The first kappa shape index (κ1) is 17.1. The Morgan fingerprint density at radius 3 is 2.35 bits per heavy atom. The molecule has 1 amide bonds. The first-order valence-corrected chi connectivity index (χ1v) is 7.23. The third-order valence-electron chi connectivity index (χ3n) is 3.46. The average Bonchev–Trinajstić information content (AvgIpc) is 2.51. The van der Waals surface area contributed by atoms with Gasteiger partial charge in [0.15, 0.2) is 0 Å². The Morgan fingerprint density at radius 2 is 1.65 bits per heavy atom. The molecule has 0 saturated carbocycles. The summed E-state index contributed by atoms with van der Waals surface area (Å²) in [7, 11) is 3.95. The van der Waals surface area contributed by atoms with E-state index in [9.17, 15) is 4.79 Å². The van der Waals surface area contributed by atoms with Gasteiger partial charge in [0.2, 0.25) is 0 Å². The van der Waals surface area contributed by atoms with Crippen LogP contribution in [0.1, 0.15) is 10.4 Å². The number of amides is 1. The van der Waals surface area contributed by atoms with E-state index in [0.29, 0.717) is 17.6 Å². The molecule has 23 heavy (non-hydrogen) atoms. The van der Waals surface area contributed by atoms with Crippen LogP contribution in [0.5, 0.6) is 0 Å². The maximum absolute atomic E-state index is 12.4. The van der Waals surface area contributed by atoms with Crippen molar-refractivity contribution in [2.45, 2.75) is 0 Å². The van der Waals surface area contributed by atoms with E-state index < -0.39 is 0 Å². The van der Waals surface area contributed by atoms with E-state index in [0.717, 1.165) is 23.1 Å². The van der Waals surface area contributed by atoms with Crippen molar-refractivity contribution >= 4 is 40.4 Å². The molecule has 0 aliphatic carbocycles. The maximum Gasteiger partial charge on any atom is 0.253 e. The maximum atomic E-state index is 12.4. The van der Waals surface area contributed by atoms with Crippen molar-refractivity contribution < 1.29 is 4.79 Å². The molecule has 0 atom stereocenters. The monoisotopic (exact) mass is 330 g/mol. The fraction of sp³-hybridized carbons (Fsp3) is 0.235. The molecule has 2 aromatic carbocycles. The molecule has 0 spiro atoms. The van der Waals surface area contributed by atoms with Crippen LogP contribution in [-0.4, -0.2) is 48.0 Å². The van der Waals surface area contributed by atoms with Gasteiger partial charge in [0, 0.05) is 13.1 Å². The highest BCUT2D eigenvalue weighted by molar-refractivity contribution is 6.06. The second kappa shape index (κ2) is 7.35. The Bertz CT molecular complexity index is 835. The van der Waals surface area contributed by atoms with Crippen LogP contribution in [0.15, 0.2) is 42.5 Å². The number of nitrogens with zero attached hydrogens (tertiary/aromatic N) is 3. The molecule has 6 heteroatoms. The van der Waals surface area contributed by atoms with Gasteiger partial charge in [-0.15, -0.1) is 12.4 Å². The smallest absolute Gasteiger partial charge is 0.253 e. The predicted molar refractivity (Wildman–Crippen MR) is 95.2 cm³/mol. The molecule has 1 heterocycles. The largest absolute Gasteiger partial charge is 0.351 e. The molecule has 0 radical (unpaired) electrons. The SMILES string of the molecule is CN(C)CCNC(=O)c1cccc2nc3ccccc3nc12.Cl. The van der Waals surface area contributed by atoms with Crippen LogP contribution in [0, 0.1) is 0 Å². The van der Waals surface area contributed by atoms with Gasteiger partial charge in [-0.25, -0.2) is 9.97 Å². The zero-order valence-electron chi connectivity index (χ0n) is 13.1. The number of aromatic nitrogens is 2. The molecular formula is C17H19ClN4O. The van der Waals surface area contributed by atoms with Crippen LogP contribution < -0.4 is 5.32 Å². The van der Waals surface area contributed by atoms with E-state index in [1.165, 1.54) is 0 Å². The molecule has 1 N–H and O–H groups in total. The van der Waals surface area contributed by atoms with Crippen molar-refractivity contribution in [1.29, 1.82) is 0 Å². The van der Waals surface area contributed by atoms with Gasteiger partial charge < -0.3 is 10.2 Å². The molecule has 3 aromatic rings. The van der Waals surface area contributed by atoms with E-state index in [-0.39, 0.29) is 18.3 Å². The van der Waals surface area contributed by atoms with Crippen LogP contribution in [0.4, 0.5) is 0 Å². The van der Waals surface area contributed by atoms with Crippen molar-refractivity contribution in [2.24, 2.45) is 0 Å². The van der Waals surface area contributed by atoms with Crippen LogP contribution in [0.2, 0.25) is 0 Å². The van der Waals surface area contributed by atoms with E-state index in [2.05, 4.69) is 15.3 Å². The van der Waals surface area contributed by atoms with Crippen molar-refractivity contribution in [1.82, 2.24) is 20.2 Å². The Hall–Kier alpha value is -2.24. The van der Waals surface area contributed by atoms with Gasteiger partial charge in [0.1, 0.15) is 5.52 Å². The van der Waals surface area contributed by atoms with Crippen molar-refractivity contribution in [3.8, 4) is 0 Å². The van der Waals surface area contributed by atoms with E-state index >= 15 is 0 Å². The van der Waals surface area contributed by atoms with Crippen molar-refractivity contribution in [2.75, 3.05) is 27.2 Å². The number of carbonyl (C=O) groups is 1. The zero-order chi connectivity index (χ0) is 15.5. The third-order valence-corrected chi connectivity index (χ3v) is 3.46. The van der Waals surface area contributed by atoms with Crippen LogP contribution in [0.25, 0.3) is 22.1 Å². The predicted octanol–water partition coefficient (Wildman–Crippen LogP) is 2.50. The summed E-state index contributed by atoms with van der Waals surface area (Å²) in [5, 5.41) is 2.92. The fourth-order valence-corrected chi connectivity index (χ4v) is 2.31. The minimum absolute atomic E-state index is 0. The standard InChI is InChI=1S/C17H18N4O.ClH/c1-21(2)11-10-18-17(22)12-6-5-9-15-16(12)20-14-8-4-3-7-13(14)19-15;/h3-9H,10-11H2,1-2H3,(H,18,22);1H. The number of rotatable bonds is 4. The van der Waals surface area contributed by atoms with Crippen LogP contribution in [-0.2, 0) is 0 Å². The summed E-state index contributed by atoms with van der Waals surface area (Å²) >= 11 is 0. The van der Waals surface area contributed by atoms with Gasteiger partial charge in [0.05, 0.1) is 22.1 Å². The molecule has 120 valence electrons. The summed E-state index contributed by atoms with van der Waals surface area (Å²) in [5.41, 5.74) is 3.57. The van der Waals surface area contributed by atoms with Gasteiger partial charge in [-0.3, -0.25) is 4.79 Å². The molecule has 0 fully saturated rings. The van der Waals surface area contributed by atoms with Gasteiger partial charge >= 0.3 is 0 Å². The highest BCUT2D eigenvalue weighted by atomic mass is 35.5. The summed E-state index contributed by atoms with van der Waals surface area (Å²) in [6.07, 6.45) is 0. The topological polar surface area (TPSA) is 58.1 Å². The third kappa shape index (κ3) is 3.75. The Balaban J connectivity index is 0.00000192. The van der Waals surface area contributed by atoms with E-state index in [4.69, 9.17) is 0 Å². The Kier molecular flexibility index (Phi) is 5.47. The molecule has 3 rings (SSSR count).